The van der Waals surface area contributed by atoms with Crippen LogP contribution in [0.1, 0.15) is 26.5 Å². The lowest BCUT2D eigenvalue weighted by molar-refractivity contribution is -0.187. The average Bonchev–Trinajstić information content (AvgIpc) is 3.09. The maximum Gasteiger partial charge on any atom is 0.247 e. The van der Waals surface area contributed by atoms with Gasteiger partial charge in [-0.1, -0.05) is 12.8 Å². The predicted molar refractivity (Wildman–Crippen MR) is 83.8 cm³/mol. The molecule has 1 fully saturated rings. The van der Waals surface area contributed by atoms with E-state index in [4.69, 9.17) is 21.6 Å². The Balaban J connectivity index is 2.18. The zero-order chi connectivity index (χ0) is 18.4. The molecule has 0 aromatic carbocycles. The number of rotatable bonds is 4. The summed E-state index contributed by atoms with van der Waals surface area (Å²) in [5.41, 5.74) is 3.05. The second kappa shape index (κ2) is 5.79. The average molecular weight is 353 g/mol. The third kappa shape index (κ3) is 2.39. The van der Waals surface area contributed by atoms with Crippen LogP contribution in [-0.4, -0.2) is 48.9 Å². The lowest BCUT2D eigenvalue weighted by Crippen LogP contribution is -2.45. The van der Waals surface area contributed by atoms with Crippen molar-refractivity contribution < 1.29 is 23.4 Å². The smallest absolute Gasteiger partial charge is 0.247 e. The van der Waals surface area contributed by atoms with Gasteiger partial charge in [0.1, 0.15) is 0 Å². The van der Waals surface area contributed by atoms with Gasteiger partial charge in [-0.25, -0.2) is 13.8 Å². The molecule has 134 valence electrons. The fourth-order valence-electron chi connectivity index (χ4n) is 2.79. The van der Waals surface area contributed by atoms with Crippen molar-refractivity contribution in [1.29, 1.82) is 0 Å². The Kier molecular flexibility index (Phi) is 4.01. The highest BCUT2D eigenvalue weighted by Crippen LogP contribution is 2.49. The zero-order valence-corrected chi connectivity index (χ0v) is 13.6. The topological polar surface area (TPSA) is 108 Å². The van der Waals surface area contributed by atoms with Crippen LogP contribution in [0.4, 0.5) is 14.7 Å². The van der Waals surface area contributed by atoms with E-state index < -0.39 is 23.9 Å². The molecule has 2 aromatic rings. The first-order chi connectivity index (χ1) is 11.8. The summed E-state index contributed by atoms with van der Waals surface area (Å²) in [6.45, 7) is 3.43. The molecule has 4 atom stereocenters. The van der Waals surface area contributed by atoms with Crippen molar-refractivity contribution in [3.63, 3.8) is 0 Å². The summed E-state index contributed by atoms with van der Waals surface area (Å²) in [5, 5.41) is 10.1. The van der Waals surface area contributed by atoms with E-state index in [1.54, 1.807) is 12.8 Å². The summed E-state index contributed by atoms with van der Waals surface area (Å²) in [6, 6.07) is 0. The number of terminal acetylenes is 1. The van der Waals surface area contributed by atoms with E-state index in [2.05, 4.69) is 15.0 Å². The maximum absolute atomic E-state index is 15.2. The number of imidazole rings is 1. The number of halogens is 2. The van der Waals surface area contributed by atoms with Gasteiger partial charge in [0.2, 0.25) is 23.4 Å². The van der Waals surface area contributed by atoms with E-state index in [1.165, 1.54) is 6.92 Å². The summed E-state index contributed by atoms with van der Waals surface area (Å²) >= 11 is 0. The van der Waals surface area contributed by atoms with Crippen molar-refractivity contribution in [2.45, 2.75) is 44.1 Å². The van der Waals surface area contributed by atoms with Gasteiger partial charge in [-0.3, -0.25) is 4.57 Å². The van der Waals surface area contributed by atoms with Crippen molar-refractivity contribution in [2.75, 3.05) is 12.3 Å². The van der Waals surface area contributed by atoms with Crippen LogP contribution in [0.3, 0.4) is 0 Å². The fourth-order valence-corrected chi connectivity index (χ4v) is 2.79. The normalized spacial score (nSPS) is 32.0. The van der Waals surface area contributed by atoms with Gasteiger partial charge >= 0.3 is 0 Å². The van der Waals surface area contributed by atoms with Crippen LogP contribution in [0.2, 0.25) is 0 Å². The van der Waals surface area contributed by atoms with Crippen molar-refractivity contribution in [3.05, 3.63) is 6.33 Å². The van der Waals surface area contributed by atoms with Crippen molar-refractivity contribution in [2.24, 2.45) is 0 Å². The van der Waals surface area contributed by atoms with Gasteiger partial charge in [-0.05, 0) is 6.92 Å². The zero-order valence-electron chi connectivity index (χ0n) is 13.6. The Morgan fingerprint density at radius 1 is 1.48 bits per heavy atom. The maximum atomic E-state index is 15.2. The first kappa shape index (κ1) is 17.3. The molecule has 1 saturated heterocycles. The van der Waals surface area contributed by atoms with Crippen LogP contribution in [-0.2, 0) is 4.74 Å². The Morgan fingerprint density at radius 2 is 2.20 bits per heavy atom. The molecule has 0 unspecified atom stereocenters. The molecule has 3 heterocycles. The van der Waals surface area contributed by atoms with Crippen LogP contribution < -0.4 is 10.5 Å². The van der Waals surface area contributed by atoms with Crippen molar-refractivity contribution in [3.8, 4) is 18.2 Å². The molecule has 10 heteroatoms. The molecule has 2 aromatic heterocycles. The summed E-state index contributed by atoms with van der Waals surface area (Å²) in [5.74, 6) is -0.906. The number of nitrogen functional groups attached to an aromatic ring is 1. The van der Waals surface area contributed by atoms with Crippen LogP contribution >= 0.6 is 0 Å². The summed E-state index contributed by atoms with van der Waals surface area (Å²) < 4.78 is 41.5. The second-order valence-corrected chi connectivity index (χ2v) is 5.57. The van der Waals surface area contributed by atoms with E-state index in [-0.39, 0.29) is 36.0 Å². The SMILES string of the molecule is C#C[C@]1(F)[C@H](n2cnc3c(OCC)nc(N)nc32)O[C@](F)(CC)[C@H]1O. The van der Waals surface area contributed by atoms with Crippen molar-refractivity contribution in [1.82, 2.24) is 19.5 Å². The lowest BCUT2D eigenvalue weighted by Gasteiger charge is -2.23. The number of fused-ring (bicyclic) bond motifs is 1. The lowest BCUT2D eigenvalue weighted by atomic mass is 9.94. The molecule has 0 saturated carbocycles. The Bertz CT molecular complexity index is 854. The number of hydrogen-bond acceptors (Lipinski definition) is 7. The largest absolute Gasteiger partial charge is 0.476 e. The highest BCUT2D eigenvalue weighted by molar-refractivity contribution is 5.77. The molecular formula is C15H17F2N5O3. The molecule has 1 aliphatic heterocycles. The number of nitrogens with zero attached hydrogens (tertiary/aromatic N) is 4. The number of aromatic nitrogens is 4. The molecular weight excluding hydrogens is 336 g/mol. The number of aliphatic hydroxyl groups excluding tert-OH is 1. The molecule has 3 rings (SSSR count). The Labute approximate surface area is 142 Å². The van der Waals surface area contributed by atoms with Gasteiger partial charge < -0.3 is 20.3 Å². The van der Waals surface area contributed by atoms with Gasteiger partial charge in [0.25, 0.3) is 0 Å². The predicted octanol–water partition coefficient (Wildman–Crippen LogP) is 1.11. The van der Waals surface area contributed by atoms with Gasteiger partial charge in [-0.2, -0.15) is 9.97 Å². The molecule has 1 aliphatic rings. The minimum absolute atomic E-state index is 0.0470. The number of anilines is 1. The number of aliphatic hydroxyl groups is 1. The molecule has 0 radical (unpaired) electrons. The minimum Gasteiger partial charge on any atom is -0.476 e. The van der Waals surface area contributed by atoms with Crippen LogP contribution in [0.5, 0.6) is 5.88 Å². The minimum atomic E-state index is -2.83. The van der Waals surface area contributed by atoms with Gasteiger partial charge in [0, 0.05) is 6.42 Å². The van der Waals surface area contributed by atoms with E-state index in [0.717, 1.165) is 10.9 Å². The summed E-state index contributed by atoms with van der Waals surface area (Å²) in [6.07, 6.45) is 2.23. The van der Waals surface area contributed by atoms with E-state index in [9.17, 15) is 9.50 Å². The number of hydrogen-bond donors (Lipinski definition) is 2. The highest BCUT2D eigenvalue weighted by atomic mass is 19.2. The number of nitrogens with two attached hydrogens (primary N) is 1. The Morgan fingerprint density at radius 3 is 2.80 bits per heavy atom. The quantitative estimate of drug-likeness (QED) is 0.793. The summed E-state index contributed by atoms with van der Waals surface area (Å²) in [7, 11) is 0. The molecule has 3 N–H and O–H groups in total. The van der Waals surface area contributed by atoms with Crippen molar-refractivity contribution >= 4 is 17.1 Å². The Hall–Kier alpha value is -2.51. The second-order valence-electron chi connectivity index (χ2n) is 5.57. The van der Waals surface area contributed by atoms with E-state index in [0.29, 0.717) is 0 Å². The molecule has 8 nitrogen and oxygen atoms in total. The van der Waals surface area contributed by atoms with Gasteiger partial charge in [-0.15, -0.1) is 6.42 Å². The van der Waals surface area contributed by atoms with Crippen LogP contribution in [0.25, 0.3) is 11.2 Å². The molecule has 0 aliphatic carbocycles. The van der Waals surface area contributed by atoms with Crippen LogP contribution in [0.15, 0.2) is 6.33 Å². The number of ether oxygens (including phenoxy) is 2. The first-order valence-electron chi connectivity index (χ1n) is 7.65. The number of alkyl halides is 2. The first-order valence-corrected chi connectivity index (χ1v) is 7.65. The van der Waals surface area contributed by atoms with E-state index in [1.807, 2.05) is 0 Å². The standard InChI is InChI=1S/C15H17F2N5O3/c1-4-14(16)11(23)15(17,5-2)25-12(14)22-7-19-8-9(22)20-13(18)21-10(8)24-6-3/h1,7,11-12,23H,5-6H2,2-3H3,(H2,18,20,21)/t11-,12+,14+,15+/m0/s1. The summed E-state index contributed by atoms with van der Waals surface area (Å²) in [4.78, 5) is 12.0. The molecule has 25 heavy (non-hydrogen) atoms. The van der Waals surface area contributed by atoms with Crippen LogP contribution in [0, 0.1) is 12.3 Å². The van der Waals surface area contributed by atoms with Gasteiger partial charge in [0.05, 0.1) is 12.9 Å². The fraction of sp³-hybridized carbons (Fsp3) is 0.533. The molecule has 0 amide bonds. The highest BCUT2D eigenvalue weighted by Gasteiger charge is 2.65. The molecule has 0 spiro atoms. The third-order valence-corrected chi connectivity index (χ3v) is 4.12. The monoisotopic (exact) mass is 353 g/mol. The third-order valence-electron chi connectivity index (χ3n) is 4.12. The molecule has 0 bridgehead atoms. The van der Waals surface area contributed by atoms with E-state index >= 15 is 4.39 Å². The van der Waals surface area contributed by atoms with Gasteiger partial charge in [0.15, 0.2) is 23.5 Å².